The van der Waals surface area contributed by atoms with Crippen molar-refractivity contribution in [2.75, 3.05) is 18.2 Å². The number of methoxy groups -OCH3 is 1. The van der Waals surface area contributed by atoms with Gasteiger partial charge < -0.3 is 21.2 Å². The van der Waals surface area contributed by atoms with Crippen LogP contribution in [0.2, 0.25) is 5.15 Å². The maximum Gasteiger partial charge on any atom is 0.223 e. The van der Waals surface area contributed by atoms with Gasteiger partial charge in [0.2, 0.25) is 5.95 Å². The van der Waals surface area contributed by atoms with Gasteiger partial charge in [0.05, 0.1) is 24.9 Å². The Hall–Kier alpha value is -2.41. The molecule has 0 aliphatic carbocycles. The van der Waals surface area contributed by atoms with Crippen LogP contribution in [-0.4, -0.2) is 28.3 Å². The first-order valence-electron chi connectivity index (χ1n) is 6.54. The van der Waals surface area contributed by atoms with Crippen molar-refractivity contribution in [2.45, 2.75) is 20.4 Å². The highest BCUT2D eigenvalue weighted by Crippen LogP contribution is 2.25. The molecule has 0 bridgehead atoms. The van der Waals surface area contributed by atoms with Gasteiger partial charge in [-0.05, 0) is 13.8 Å². The highest BCUT2D eigenvalue weighted by atomic mass is 35.5. The molecule has 0 aromatic carbocycles. The fraction of sp³-hybridized carbons (Fsp3) is 0.286. The summed E-state index contributed by atoms with van der Waals surface area (Å²) in [4.78, 5) is 12.3. The Morgan fingerprint density at radius 2 is 2.14 bits per heavy atom. The number of anilines is 2. The van der Waals surface area contributed by atoms with Crippen molar-refractivity contribution < 1.29 is 4.74 Å². The van der Waals surface area contributed by atoms with E-state index in [0.717, 1.165) is 28.8 Å². The SMILES string of the molecule is COc1c(C)cnc(CNc2nc(N)nc(Cl)c2C=N)c1C. The molecule has 0 fully saturated rings. The van der Waals surface area contributed by atoms with Crippen molar-refractivity contribution in [3.8, 4) is 5.75 Å². The topological polar surface area (TPSA) is 110 Å². The molecular formula is C14H17ClN6O. The first-order valence-corrected chi connectivity index (χ1v) is 6.92. The zero-order valence-electron chi connectivity index (χ0n) is 12.6. The summed E-state index contributed by atoms with van der Waals surface area (Å²) in [6.07, 6.45) is 2.84. The van der Waals surface area contributed by atoms with Crippen LogP contribution in [0.15, 0.2) is 6.20 Å². The van der Waals surface area contributed by atoms with Crippen LogP contribution >= 0.6 is 11.6 Å². The lowest BCUT2D eigenvalue weighted by Gasteiger charge is -2.14. The molecule has 2 aromatic rings. The third-order valence-corrected chi connectivity index (χ3v) is 3.52. The van der Waals surface area contributed by atoms with E-state index >= 15 is 0 Å². The van der Waals surface area contributed by atoms with Gasteiger partial charge in [-0.3, -0.25) is 4.98 Å². The molecule has 0 saturated carbocycles. The second-order valence-corrected chi connectivity index (χ2v) is 5.04. The van der Waals surface area contributed by atoms with Crippen molar-refractivity contribution in [1.29, 1.82) is 5.41 Å². The Bertz CT molecular complexity index is 719. The van der Waals surface area contributed by atoms with E-state index in [2.05, 4.69) is 20.3 Å². The number of halogens is 1. The second-order valence-electron chi connectivity index (χ2n) is 4.68. The number of hydrogen-bond donors (Lipinski definition) is 3. The summed E-state index contributed by atoms with van der Waals surface area (Å²) in [6.45, 7) is 4.28. The molecule has 2 aromatic heterocycles. The number of nitrogens with one attached hydrogen (secondary N) is 2. The van der Waals surface area contributed by atoms with E-state index in [0.29, 0.717) is 17.9 Å². The Morgan fingerprint density at radius 1 is 1.41 bits per heavy atom. The third kappa shape index (κ3) is 3.09. The Balaban J connectivity index is 2.30. The van der Waals surface area contributed by atoms with Crippen LogP contribution in [0.3, 0.4) is 0 Å². The van der Waals surface area contributed by atoms with Crippen LogP contribution in [-0.2, 0) is 6.54 Å². The summed E-state index contributed by atoms with van der Waals surface area (Å²) >= 11 is 5.96. The largest absolute Gasteiger partial charge is 0.496 e. The number of aryl methyl sites for hydroxylation is 1. The highest BCUT2D eigenvalue weighted by Gasteiger charge is 2.13. The van der Waals surface area contributed by atoms with Gasteiger partial charge in [0.15, 0.2) is 0 Å². The van der Waals surface area contributed by atoms with E-state index in [4.69, 9.17) is 27.5 Å². The van der Waals surface area contributed by atoms with Gasteiger partial charge in [-0.1, -0.05) is 11.6 Å². The lowest BCUT2D eigenvalue weighted by molar-refractivity contribution is 0.407. The van der Waals surface area contributed by atoms with E-state index in [1.54, 1.807) is 13.3 Å². The standard InChI is InChI=1S/C14H17ClN6O/c1-7-5-18-10(8(2)11(7)22-3)6-19-13-9(4-16)12(15)20-14(17)21-13/h4-5,16H,6H2,1-3H3,(H3,17,19,20,21). The number of aromatic nitrogens is 3. The van der Waals surface area contributed by atoms with Gasteiger partial charge >= 0.3 is 0 Å². The molecule has 116 valence electrons. The molecule has 2 rings (SSSR count). The summed E-state index contributed by atoms with van der Waals surface area (Å²) in [7, 11) is 1.63. The van der Waals surface area contributed by atoms with Gasteiger partial charge in [0.1, 0.15) is 16.7 Å². The molecule has 0 saturated heterocycles. The molecule has 0 atom stereocenters. The predicted octanol–water partition coefficient (Wildman–Crippen LogP) is 2.34. The van der Waals surface area contributed by atoms with Crippen LogP contribution in [0.4, 0.5) is 11.8 Å². The summed E-state index contributed by atoms with van der Waals surface area (Å²) in [5.74, 6) is 1.25. The smallest absolute Gasteiger partial charge is 0.223 e. The van der Waals surface area contributed by atoms with Crippen molar-refractivity contribution in [1.82, 2.24) is 15.0 Å². The van der Waals surface area contributed by atoms with Crippen LogP contribution in [0.5, 0.6) is 5.75 Å². The molecular weight excluding hydrogens is 304 g/mol. The maximum absolute atomic E-state index is 7.41. The molecule has 0 aliphatic rings. The normalized spacial score (nSPS) is 10.4. The molecule has 7 nitrogen and oxygen atoms in total. The van der Waals surface area contributed by atoms with Crippen LogP contribution in [0.1, 0.15) is 22.4 Å². The average molecular weight is 321 g/mol. The second kappa shape index (κ2) is 6.57. The summed E-state index contributed by atoms with van der Waals surface area (Å²) in [5.41, 5.74) is 8.70. The van der Waals surface area contributed by atoms with E-state index in [9.17, 15) is 0 Å². The molecule has 2 heterocycles. The van der Waals surface area contributed by atoms with E-state index in [1.807, 2.05) is 13.8 Å². The monoisotopic (exact) mass is 320 g/mol. The van der Waals surface area contributed by atoms with Crippen LogP contribution < -0.4 is 15.8 Å². The van der Waals surface area contributed by atoms with E-state index in [-0.39, 0.29) is 11.1 Å². The summed E-state index contributed by atoms with van der Waals surface area (Å²) < 4.78 is 5.38. The molecule has 0 unspecified atom stereocenters. The minimum Gasteiger partial charge on any atom is -0.496 e. The molecule has 22 heavy (non-hydrogen) atoms. The van der Waals surface area contributed by atoms with Gasteiger partial charge in [-0.25, -0.2) is 4.98 Å². The van der Waals surface area contributed by atoms with Crippen molar-refractivity contribution in [3.63, 3.8) is 0 Å². The lowest BCUT2D eigenvalue weighted by atomic mass is 10.1. The molecule has 0 amide bonds. The van der Waals surface area contributed by atoms with E-state index < -0.39 is 0 Å². The minimum absolute atomic E-state index is 0.0456. The highest BCUT2D eigenvalue weighted by molar-refractivity contribution is 6.32. The van der Waals surface area contributed by atoms with Crippen molar-refractivity contribution in [3.05, 3.63) is 33.7 Å². The zero-order valence-corrected chi connectivity index (χ0v) is 13.3. The van der Waals surface area contributed by atoms with Crippen molar-refractivity contribution in [2.24, 2.45) is 0 Å². The summed E-state index contributed by atoms with van der Waals surface area (Å²) in [6, 6.07) is 0. The van der Waals surface area contributed by atoms with Gasteiger partial charge in [-0.15, -0.1) is 0 Å². The van der Waals surface area contributed by atoms with Gasteiger partial charge in [-0.2, -0.15) is 4.98 Å². The van der Waals surface area contributed by atoms with Crippen LogP contribution in [0.25, 0.3) is 0 Å². The first-order chi connectivity index (χ1) is 10.5. The van der Waals surface area contributed by atoms with Crippen LogP contribution in [0, 0.1) is 19.3 Å². The molecule has 4 N–H and O–H groups in total. The average Bonchev–Trinajstić information content (AvgIpc) is 2.46. The number of nitrogens with zero attached hydrogens (tertiary/aromatic N) is 3. The number of pyridine rings is 1. The quantitative estimate of drug-likeness (QED) is 0.576. The lowest BCUT2D eigenvalue weighted by Crippen LogP contribution is -2.11. The maximum atomic E-state index is 7.41. The predicted molar refractivity (Wildman–Crippen MR) is 86.9 cm³/mol. The number of nitrogen functional groups attached to an aromatic ring is 1. The number of nitrogens with two attached hydrogens (primary N) is 1. The fourth-order valence-electron chi connectivity index (χ4n) is 2.14. The first kappa shape index (κ1) is 16.0. The van der Waals surface area contributed by atoms with Gasteiger partial charge in [0.25, 0.3) is 0 Å². The fourth-order valence-corrected chi connectivity index (χ4v) is 2.37. The Morgan fingerprint density at radius 3 is 2.77 bits per heavy atom. The Kier molecular flexibility index (Phi) is 4.77. The number of ether oxygens (including phenoxy) is 1. The van der Waals surface area contributed by atoms with E-state index in [1.165, 1.54) is 0 Å². The molecule has 0 aliphatic heterocycles. The minimum atomic E-state index is 0.0456. The number of rotatable bonds is 5. The van der Waals surface area contributed by atoms with Gasteiger partial charge in [0, 0.05) is 23.5 Å². The molecule has 8 heteroatoms. The third-order valence-electron chi connectivity index (χ3n) is 3.23. The molecule has 0 radical (unpaired) electrons. The number of hydrogen-bond acceptors (Lipinski definition) is 7. The molecule has 0 spiro atoms. The zero-order chi connectivity index (χ0) is 16.3. The Labute approximate surface area is 133 Å². The summed E-state index contributed by atoms with van der Waals surface area (Å²) in [5, 5.41) is 10.6. The van der Waals surface area contributed by atoms with Crippen molar-refractivity contribution >= 4 is 29.6 Å².